The molecule has 1 atom stereocenters. The van der Waals surface area contributed by atoms with E-state index in [0.29, 0.717) is 12.1 Å². The maximum atomic E-state index is 11.7. The third-order valence-electron chi connectivity index (χ3n) is 2.44. The van der Waals surface area contributed by atoms with Gasteiger partial charge in [0, 0.05) is 20.1 Å². The molecule has 0 aliphatic carbocycles. The highest BCUT2D eigenvalue weighted by Gasteiger charge is 2.21. The number of hydrogen-bond donors (Lipinski definition) is 0. The molecule has 0 N–H and O–H groups in total. The van der Waals surface area contributed by atoms with E-state index >= 15 is 0 Å². The van der Waals surface area contributed by atoms with Crippen LogP contribution in [0.15, 0.2) is 6.20 Å². The van der Waals surface area contributed by atoms with Crippen molar-refractivity contribution in [2.45, 2.75) is 25.4 Å². The normalized spacial score (nSPS) is 21.4. The molecule has 1 unspecified atom stereocenters. The molecule has 76 valence electrons. The molecule has 1 aliphatic heterocycles. The fourth-order valence-electron chi connectivity index (χ4n) is 1.66. The number of aryl methyl sites for hydroxylation is 1. The van der Waals surface area contributed by atoms with Gasteiger partial charge in [-0.15, -0.1) is 5.10 Å². The van der Waals surface area contributed by atoms with Crippen LogP contribution in [0.5, 0.6) is 0 Å². The second-order valence-electron chi connectivity index (χ2n) is 3.51. The summed E-state index contributed by atoms with van der Waals surface area (Å²) in [5, 5.41) is 7.39. The number of ether oxygens (including phenoxy) is 1. The Hall–Kier alpha value is -1.23. The number of Topliss-reactive ketones (excluding diaryl/α,β-unsaturated/α-hetero) is 1. The van der Waals surface area contributed by atoms with E-state index in [2.05, 4.69) is 10.3 Å². The summed E-state index contributed by atoms with van der Waals surface area (Å²) in [5.74, 6) is 0.0596. The van der Waals surface area contributed by atoms with Crippen LogP contribution in [0, 0.1) is 0 Å². The number of nitrogens with zero attached hydrogens (tertiary/aromatic N) is 3. The van der Waals surface area contributed by atoms with Crippen LogP contribution in [-0.2, 0) is 11.8 Å². The molecule has 0 amide bonds. The number of ketones is 1. The van der Waals surface area contributed by atoms with Gasteiger partial charge in [0.2, 0.25) is 0 Å². The van der Waals surface area contributed by atoms with Crippen molar-refractivity contribution >= 4 is 5.78 Å². The quantitative estimate of drug-likeness (QED) is 0.661. The Kier molecular flexibility index (Phi) is 2.58. The largest absolute Gasteiger partial charge is 0.378 e. The molecule has 0 saturated carbocycles. The second-order valence-corrected chi connectivity index (χ2v) is 3.51. The highest BCUT2D eigenvalue weighted by molar-refractivity contribution is 5.94. The lowest BCUT2D eigenvalue weighted by Crippen LogP contribution is -2.15. The van der Waals surface area contributed by atoms with Crippen LogP contribution in [-0.4, -0.2) is 33.5 Å². The lowest BCUT2D eigenvalue weighted by atomic mass is 10.1. The first-order valence-corrected chi connectivity index (χ1v) is 4.77. The second kappa shape index (κ2) is 3.88. The van der Waals surface area contributed by atoms with Crippen LogP contribution in [0.1, 0.15) is 29.8 Å². The van der Waals surface area contributed by atoms with Crippen molar-refractivity contribution in [3.8, 4) is 0 Å². The Morgan fingerprint density at radius 2 is 2.64 bits per heavy atom. The van der Waals surface area contributed by atoms with E-state index in [-0.39, 0.29) is 11.9 Å². The first kappa shape index (κ1) is 9.33. The third kappa shape index (κ3) is 1.82. The van der Waals surface area contributed by atoms with Gasteiger partial charge in [-0.3, -0.25) is 4.79 Å². The molecule has 1 aromatic heterocycles. The van der Waals surface area contributed by atoms with E-state index < -0.39 is 0 Å². The smallest absolute Gasteiger partial charge is 0.185 e. The van der Waals surface area contributed by atoms with Crippen molar-refractivity contribution < 1.29 is 9.53 Å². The Morgan fingerprint density at radius 1 is 1.79 bits per heavy atom. The summed E-state index contributed by atoms with van der Waals surface area (Å²) in [4.78, 5) is 11.7. The summed E-state index contributed by atoms with van der Waals surface area (Å²) >= 11 is 0. The average Bonchev–Trinajstić information content (AvgIpc) is 2.75. The predicted octanol–water partition coefficient (Wildman–Crippen LogP) is 0.567. The van der Waals surface area contributed by atoms with Gasteiger partial charge >= 0.3 is 0 Å². The summed E-state index contributed by atoms with van der Waals surface area (Å²) in [6.45, 7) is 0.779. The molecule has 2 rings (SSSR count). The van der Waals surface area contributed by atoms with E-state index in [1.54, 1.807) is 7.05 Å². The Labute approximate surface area is 82.1 Å². The fourth-order valence-corrected chi connectivity index (χ4v) is 1.66. The Morgan fingerprint density at radius 3 is 3.21 bits per heavy atom. The van der Waals surface area contributed by atoms with Crippen molar-refractivity contribution in [2.24, 2.45) is 7.05 Å². The third-order valence-corrected chi connectivity index (χ3v) is 2.44. The molecule has 0 radical (unpaired) electrons. The molecular formula is C9H13N3O2. The summed E-state index contributed by atoms with van der Waals surface area (Å²) in [5.41, 5.74) is 0.556. The van der Waals surface area contributed by atoms with Crippen molar-refractivity contribution in [1.29, 1.82) is 0 Å². The Bertz CT molecular complexity index is 329. The van der Waals surface area contributed by atoms with Gasteiger partial charge in [0.25, 0.3) is 0 Å². The summed E-state index contributed by atoms with van der Waals surface area (Å²) in [6.07, 6.45) is 4.08. The maximum Gasteiger partial charge on any atom is 0.185 e. The zero-order valence-corrected chi connectivity index (χ0v) is 8.14. The van der Waals surface area contributed by atoms with Gasteiger partial charge in [-0.1, -0.05) is 5.21 Å². The van der Waals surface area contributed by atoms with E-state index in [4.69, 9.17) is 4.74 Å². The molecule has 5 heteroatoms. The lowest BCUT2D eigenvalue weighted by molar-refractivity contribution is 0.0768. The molecule has 2 heterocycles. The predicted molar refractivity (Wildman–Crippen MR) is 48.9 cm³/mol. The summed E-state index contributed by atoms with van der Waals surface area (Å²) in [7, 11) is 1.72. The fraction of sp³-hybridized carbons (Fsp3) is 0.667. The molecule has 1 aromatic rings. The maximum absolute atomic E-state index is 11.7. The van der Waals surface area contributed by atoms with Crippen LogP contribution in [0.2, 0.25) is 0 Å². The molecule has 1 fully saturated rings. The molecule has 1 aliphatic rings. The standard InChI is InChI=1S/C9H13N3O2/c1-12-8(6-10-11-12)9(13)5-7-3-2-4-14-7/h6-7H,2-5H2,1H3. The highest BCUT2D eigenvalue weighted by atomic mass is 16.5. The van der Waals surface area contributed by atoms with Gasteiger partial charge in [-0.2, -0.15) is 0 Å². The van der Waals surface area contributed by atoms with E-state index in [9.17, 15) is 4.79 Å². The van der Waals surface area contributed by atoms with Gasteiger partial charge in [-0.25, -0.2) is 4.68 Å². The minimum atomic E-state index is 0.0596. The van der Waals surface area contributed by atoms with Crippen LogP contribution in [0.3, 0.4) is 0 Å². The average molecular weight is 195 g/mol. The van der Waals surface area contributed by atoms with E-state index in [1.807, 2.05) is 0 Å². The van der Waals surface area contributed by atoms with Crippen molar-refractivity contribution in [2.75, 3.05) is 6.61 Å². The first-order chi connectivity index (χ1) is 6.77. The van der Waals surface area contributed by atoms with Crippen LogP contribution < -0.4 is 0 Å². The zero-order chi connectivity index (χ0) is 9.97. The minimum absolute atomic E-state index is 0.0596. The monoisotopic (exact) mass is 195 g/mol. The zero-order valence-electron chi connectivity index (χ0n) is 8.14. The molecule has 1 saturated heterocycles. The van der Waals surface area contributed by atoms with Crippen LogP contribution in [0.4, 0.5) is 0 Å². The van der Waals surface area contributed by atoms with Gasteiger partial charge in [0.05, 0.1) is 12.3 Å². The number of hydrogen-bond acceptors (Lipinski definition) is 4. The number of rotatable bonds is 3. The number of carbonyl (C=O) groups is 1. The van der Waals surface area contributed by atoms with Gasteiger partial charge in [0.1, 0.15) is 5.69 Å². The van der Waals surface area contributed by atoms with Crippen molar-refractivity contribution in [3.63, 3.8) is 0 Å². The Balaban J connectivity index is 1.98. The number of aromatic nitrogens is 3. The minimum Gasteiger partial charge on any atom is -0.378 e. The van der Waals surface area contributed by atoms with E-state index in [0.717, 1.165) is 19.4 Å². The lowest BCUT2D eigenvalue weighted by Gasteiger charge is -2.07. The van der Waals surface area contributed by atoms with Gasteiger partial charge in [-0.05, 0) is 12.8 Å². The topological polar surface area (TPSA) is 57.0 Å². The van der Waals surface area contributed by atoms with Crippen LogP contribution in [0.25, 0.3) is 0 Å². The van der Waals surface area contributed by atoms with Gasteiger partial charge < -0.3 is 4.74 Å². The van der Waals surface area contributed by atoms with Crippen molar-refractivity contribution in [3.05, 3.63) is 11.9 Å². The summed E-state index contributed by atoms with van der Waals surface area (Å²) in [6, 6.07) is 0. The summed E-state index contributed by atoms with van der Waals surface area (Å²) < 4.78 is 6.89. The first-order valence-electron chi connectivity index (χ1n) is 4.77. The number of carbonyl (C=O) groups excluding carboxylic acids is 1. The molecule has 5 nitrogen and oxygen atoms in total. The van der Waals surface area contributed by atoms with Crippen LogP contribution >= 0.6 is 0 Å². The van der Waals surface area contributed by atoms with Gasteiger partial charge in [0.15, 0.2) is 5.78 Å². The molecule has 0 bridgehead atoms. The van der Waals surface area contributed by atoms with Crippen molar-refractivity contribution in [1.82, 2.24) is 15.0 Å². The highest BCUT2D eigenvalue weighted by Crippen LogP contribution is 2.17. The van der Waals surface area contributed by atoms with E-state index in [1.165, 1.54) is 10.9 Å². The molecule has 0 spiro atoms. The molecule has 14 heavy (non-hydrogen) atoms. The molecule has 0 aromatic carbocycles. The SMILES string of the molecule is Cn1nncc1C(=O)CC1CCCO1. The molecular weight excluding hydrogens is 182 g/mol.